The van der Waals surface area contributed by atoms with Crippen LogP contribution >= 0.6 is 0 Å². The van der Waals surface area contributed by atoms with E-state index in [1.54, 1.807) is 12.1 Å². The summed E-state index contributed by atoms with van der Waals surface area (Å²) in [5, 5.41) is 11.3. The zero-order valence-corrected chi connectivity index (χ0v) is 13.8. The lowest BCUT2D eigenvalue weighted by molar-refractivity contribution is -0.385. The second-order valence-corrected chi connectivity index (χ2v) is 6.37. The number of rotatable bonds is 5. The van der Waals surface area contributed by atoms with E-state index in [-0.39, 0.29) is 17.2 Å². The molecule has 4 heteroatoms. The second-order valence-electron chi connectivity index (χ2n) is 6.37. The van der Waals surface area contributed by atoms with E-state index in [4.69, 9.17) is 4.74 Å². The van der Waals surface area contributed by atoms with Crippen LogP contribution in [0.1, 0.15) is 46.6 Å². The number of benzene rings is 2. The molecule has 0 radical (unpaired) electrons. The van der Waals surface area contributed by atoms with Crippen molar-refractivity contribution in [1.82, 2.24) is 0 Å². The number of hydrogen-bond acceptors (Lipinski definition) is 3. The zero-order chi connectivity index (χ0) is 16.6. The Hall–Kier alpha value is -2.36. The van der Waals surface area contributed by atoms with Gasteiger partial charge in [0.05, 0.1) is 10.5 Å². The van der Waals surface area contributed by atoms with Gasteiger partial charge >= 0.3 is 0 Å². The first kappa shape index (κ1) is 15.5. The van der Waals surface area contributed by atoms with Crippen LogP contribution in [0.5, 0.6) is 5.75 Å². The summed E-state index contributed by atoms with van der Waals surface area (Å²) >= 11 is 0. The molecule has 0 aliphatic heterocycles. The molecule has 4 nitrogen and oxygen atoms in total. The molecule has 23 heavy (non-hydrogen) atoms. The predicted octanol–water partition coefficient (Wildman–Crippen LogP) is 4.98. The largest absolute Gasteiger partial charge is 0.488 e. The summed E-state index contributed by atoms with van der Waals surface area (Å²) in [5.41, 5.74) is 5.39. The van der Waals surface area contributed by atoms with Crippen molar-refractivity contribution in [2.24, 2.45) is 0 Å². The van der Waals surface area contributed by atoms with Crippen LogP contribution in [0.25, 0.3) is 0 Å². The highest BCUT2D eigenvalue weighted by Gasteiger charge is 2.30. The average Bonchev–Trinajstić information content (AvgIpc) is 3.34. The Morgan fingerprint density at radius 1 is 1.13 bits per heavy atom. The van der Waals surface area contributed by atoms with Gasteiger partial charge in [-0.15, -0.1) is 0 Å². The van der Waals surface area contributed by atoms with Crippen LogP contribution in [0, 0.1) is 30.9 Å². The van der Waals surface area contributed by atoms with E-state index in [2.05, 4.69) is 13.0 Å². The Morgan fingerprint density at radius 3 is 2.48 bits per heavy atom. The Kier molecular flexibility index (Phi) is 4.07. The Labute approximate surface area is 136 Å². The standard InChI is InChI=1S/C19H21NO3/c1-12-9-14(3)19(10-13(12)2)23-11-17-16(15-7-8-15)5-4-6-18(17)20(21)22/h4-6,9-10,15H,7-8,11H2,1-3H3. The molecule has 0 unspecified atom stereocenters. The van der Waals surface area contributed by atoms with Crippen LogP contribution in [0.3, 0.4) is 0 Å². The van der Waals surface area contributed by atoms with E-state index < -0.39 is 0 Å². The molecular formula is C19H21NO3. The van der Waals surface area contributed by atoms with Crippen molar-refractivity contribution < 1.29 is 9.66 Å². The van der Waals surface area contributed by atoms with Crippen molar-refractivity contribution >= 4 is 5.69 Å². The van der Waals surface area contributed by atoms with Crippen LogP contribution in [0.2, 0.25) is 0 Å². The summed E-state index contributed by atoms with van der Waals surface area (Å²) in [6, 6.07) is 9.44. The molecule has 1 fully saturated rings. The normalized spacial score (nSPS) is 13.9. The van der Waals surface area contributed by atoms with E-state index in [0.29, 0.717) is 5.92 Å². The van der Waals surface area contributed by atoms with Gasteiger partial charge in [-0.1, -0.05) is 18.2 Å². The third-order valence-electron chi connectivity index (χ3n) is 4.56. The lowest BCUT2D eigenvalue weighted by Crippen LogP contribution is -2.05. The molecule has 0 amide bonds. The fourth-order valence-corrected chi connectivity index (χ4v) is 2.94. The van der Waals surface area contributed by atoms with Crippen molar-refractivity contribution in [2.75, 3.05) is 0 Å². The third-order valence-corrected chi connectivity index (χ3v) is 4.56. The summed E-state index contributed by atoms with van der Waals surface area (Å²) in [7, 11) is 0. The van der Waals surface area contributed by atoms with Gasteiger partial charge in [0.15, 0.2) is 0 Å². The predicted molar refractivity (Wildman–Crippen MR) is 90.1 cm³/mol. The molecule has 2 aromatic carbocycles. The fraction of sp³-hybridized carbons (Fsp3) is 0.368. The minimum Gasteiger partial charge on any atom is -0.488 e. The maximum Gasteiger partial charge on any atom is 0.276 e. The van der Waals surface area contributed by atoms with Crippen LogP contribution in [0.4, 0.5) is 5.69 Å². The van der Waals surface area contributed by atoms with Gasteiger partial charge in [-0.2, -0.15) is 0 Å². The molecule has 0 bridgehead atoms. The highest BCUT2D eigenvalue weighted by Crippen LogP contribution is 2.43. The quantitative estimate of drug-likeness (QED) is 0.578. The van der Waals surface area contributed by atoms with Crippen molar-refractivity contribution in [3.05, 3.63) is 68.3 Å². The van der Waals surface area contributed by atoms with Gasteiger partial charge in [-0.3, -0.25) is 10.1 Å². The van der Waals surface area contributed by atoms with Crippen LogP contribution < -0.4 is 4.74 Å². The average molecular weight is 311 g/mol. The van der Waals surface area contributed by atoms with E-state index in [1.165, 1.54) is 5.56 Å². The van der Waals surface area contributed by atoms with Gasteiger partial charge in [0.25, 0.3) is 5.69 Å². The SMILES string of the molecule is Cc1cc(C)c(OCc2c(C3CC3)cccc2[N+](=O)[O-])cc1C. The molecule has 1 aliphatic carbocycles. The smallest absolute Gasteiger partial charge is 0.276 e. The van der Waals surface area contributed by atoms with E-state index in [0.717, 1.165) is 40.8 Å². The van der Waals surface area contributed by atoms with Gasteiger partial charge in [0.1, 0.15) is 12.4 Å². The monoisotopic (exact) mass is 311 g/mol. The number of nitro benzene ring substituents is 1. The molecule has 3 rings (SSSR count). The van der Waals surface area contributed by atoms with Crippen LogP contribution in [-0.4, -0.2) is 4.92 Å². The third kappa shape index (κ3) is 3.21. The van der Waals surface area contributed by atoms with Gasteiger partial charge < -0.3 is 4.74 Å². The Bertz CT molecular complexity index is 763. The summed E-state index contributed by atoms with van der Waals surface area (Å²) in [6.45, 7) is 6.36. The maximum atomic E-state index is 11.3. The van der Waals surface area contributed by atoms with Crippen molar-refractivity contribution in [3.8, 4) is 5.75 Å². The topological polar surface area (TPSA) is 52.4 Å². The number of ether oxygens (including phenoxy) is 1. The fourth-order valence-electron chi connectivity index (χ4n) is 2.94. The van der Waals surface area contributed by atoms with Gasteiger partial charge in [0, 0.05) is 6.07 Å². The Balaban J connectivity index is 1.91. The minimum atomic E-state index is -0.308. The van der Waals surface area contributed by atoms with Crippen LogP contribution in [-0.2, 0) is 6.61 Å². The lowest BCUT2D eigenvalue weighted by atomic mass is 10.0. The summed E-state index contributed by atoms with van der Waals surface area (Å²) in [4.78, 5) is 11.0. The first-order valence-corrected chi connectivity index (χ1v) is 7.94. The maximum absolute atomic E-state index is 11.3. The highest BCUT2D eigenvalue weighted by molar-refractivity contribution is 5.48. The number of nitrogens with zero attached hydrogens (tertiary/aromatic N) is 1. The van der Waals surface area contributed by atoms with Gasteiger partial charge in [0.2, 0.25) is 0 Å². The van der Waals surface area contributed by atoms with Crippen molar-refractivity contribution in [1.29, 1.82) is 0 Å². The van der Waals surface area contributed by atoms with Crippen molar-refractivity contribution in [3.63, 3.8) is 0 Å². The molecule has 0 heterocycles. The first-order valence-electron chi connectivity index (χ1n) is 7.94. The zero-order valence-electron chi connectivity index (χ0n) is 13.8. The molecule has 0 saturated heterocycles. The van der Waals surface area contributed by atoms with Crippen molar-refractivity contribution in [2.45, 2.75) is 46.1 Å². The van der Waals surface area contributed by atoms with Gasteiger partial charge in [-0.25, -0.2) is 0 Å². The molecule has 2 aromatic rings. The molecule has 1 saturated carbocycles. The molecular weight excluding hydrogens is 290 g/mol. The highest BCUT2D eigenvalue weighted by atomic mass is 16.6. The van der Waals surface area contributed by atoms with E-state index >= 15 is 0 Å². The first-order chi connectivity index (χ1) is 11.0. The van der Waals surface area contributed by atoms with E-state index in [9.17, 15) is 10.1 Å². The number of nitro groups is 1. The molecule has 1 aliphatic rings. The molecule has 0 spiro atoms. The lowest BCUT2D eigenvalue weighted by Gasteiger charge is -2.14. The van der Waals surface area contributed by atoms with E-state index in [1.807, 2.05) is 26.0 Å². The number of hydrogen-bond donors (Lipinski definition) is 0. The molecule has 0 atom stereocenters. The minimum absolute atomic E-state index is 0.163. The summed E-state index contributed by atoms with van der Waals surface area (Å²) in [5.74, 6) is 1.25. The number of aryl methyl sites for hydroxylation is 3. The van der Waals surface area contributed by atoms with Gasteiger partial charge in [-0.05, 0) is 67.9 Å². The second kappa shape index (κ2) is 6.03. The molecule has 0 N–H and O–H groups in total. The molecule has 120 valence electrons. The summed E-state index contributed by atoms with van der Waals surface area (Å²) < 4.78 is 5.96. The van der Waals surface area contributed by atoms with Crippen LogP contribution in [0.15, 0.2) is 30.3 Å². The Morgan fingerprint density at radius 2 is 1.83 bits per heavy atom. The summed E-state index contributed by atoms with van der Waals surface area (Å²) in [6.07, 6.45) is 2.22. The molecule has 0 aromatic heterocycles.